The first-order valence-corrected chi connectivity index (χ1v) is 10.9. The molecule has 0 aliphatic carbocycles. The van der Waals surface area contributed by atoms with Crippen molar-refractivity contribution in [3.63, 3.8) is 0 Å². The third-order valence-corrected chi connectivity index (χ3v) is 5.64. The van der Waals surface area contributed by atoms with Gasteiger partial charge in [0.15, 0.2) is 0 Å². The minimum Gasteiger partial charge on any atom is -0.489 e. The van der Waals surface area contributed by atoms with Crippen molar-refractivity contribution in [2.45, 2.75) is 19.6 Å². The first kappa shape index (κ1) is 21.7. The highest BCUT2D eigenvalue weighted by Crippen LogP contribution is 2.24. The number of nitrogens with one attached hydrogen (secondary N) is 1. The Morgan fingerprint density at radius 3 is 2.28 bits per heavy atom. The Morgan fingerprint density at radius 1 is 0.844 bits per heavy atom. The summed E-state index contributed by atoms with van der Waals surface area (Å²) >= 11 is 6.21. The van der Waals surface area contributed by atoms with E-state index in [4.69, 9.17) is 16.3 Å². The number of amides is 1. The summed E-state index contributed by atoms with van der Waals surface area (Å²) in [5.74, 6) is 0.451. The van der Waals surface area contributed by atoms with Crippen molar-refractivity contribution >= 4 is 17.5 Å². The second-order valence-corrected chi connectivity index (χ2v) is 8.04. The number of rotatable bonds is 7. The van der Waals surface area contributed by atoms with Crippen LogP contribution in [0.25, 0.3) is 0 Å². The Kier molecular flexibility index (Phi) is 6.88. The van der Waals surface area contributed by atoms with Gasteiger partial charge in [-0.25, -0.2) is 0 Å². The minimum atomic E-state index is -0.253. The van der Waals surface area contributed by atoms with Crippen LogP contribution in [-0.4, -0.2) is 5.91 Å². The third-order valence-electron chi connectivity index (χ3n) is 5.27. The summed E-state index contributed by atoms with van der Waals surface area (Å²) < 4.78 is 5.89. The van der Waals surface area contributed by atoms with E-state index in [0.717, 1.165) is 16.7 Å². The van der Waals surface area contributed by atoms with Crippen LogP contribution in [0.4, 0.5) is 0 Å². The molecule has 0 aliphatic rings. The van der Waals surface area contributed by atoms with E-state index >= 15 is 0 Å². The van der Waals surface area contributed by atoms with E-state index in [0.29, 0.717) is 22.9 Å². The van der Waals surface area contributed by atoms with Gasteiger partial charge in [-0.15, -0.1) is 0 Å². The molecular weight excluding hydrogens is 418 g/mol. The van der Waals surface area contributed by atoms with Gasteiger partial charge >= 0.3 is 0 Å². The summed E-state index contributed by atoms with van der Waals surface area (Å²) in [7, 11) is 0. The highest BCUT2D eigenvalue weighted by atomic mass is 35.5. The van der Waals surface area contributed by atoms with Crippen molar-refractivity contribution in [1.29, 1.82) is 0 Å². The van der Waals surface area contributed by atoms with Crippen LogP contribution in [0.2, 0.25) is 5.02 Å². The van der Waals surface area contributed by atoms with Crippen molar-refractivity contribution < 1.29 is 9.53 Å². The fraction of sp³-hybridized carbons (Fsp3) is 0.107. The SMILES string of the molecule is Cc1ccc([C@@H](NC(=O)c2cccc(OCc3ccccc3Cl)c2)c2ccccc2)cc1. The maximum atomic E-state index is 13.2. The zero-order valence-electron chi connectivity index (χ0n) is 17.8. The molecule has 32 heavy (non-hydrogen) atoms. The quantitative estimate of drug-likeness (QED) is 0.344. The van der Waals surface area contributed by atoms with Crippen LogP contribution in [-0.2, 0) is 6.61 Å². The number of carbonyl (C=O) groups is 1. The molecule has 4 rings (SSSR count). The van der Waals surface area contributed by atoms with Gasteiger partial charge in [-0.3, -0.25) is 4.79 Å². The van der Waals surface area contributed by atoms with E-state index in [1.807, 2.05) is 73.7 Å². The Hall–Kier alpha value is -3.56. The fourth-order valence-corrected chi connectivity index (χ4v) is 3.67. The van der Waals surface area contributed by atoms with Crippen molar-refractivity contribution in [2.24, 2.45) is 0 Å². The summed E-state index contributed by atoms with van der Waals surface area (Å²) in [6.07, 6.45) is 0. The lowest BCUT2D eigenvalue weighted by atomic mass is 9.97. The molecule has 4 heteroatoms. The van der Waals surface area contributed by atoms with E-state index in [1.54, 1.807) is 12.1 Å². The Balaban J connectivity index is 1.53. The number of hydrogen-bond donors (Lipinski definition) is 1. The van der Waals surface area contributed by atoms with E-state index in [9.17, 15) is 4.79 Å². The number of benzene rings is 4. The molecule has 4 aromatic rings. The lowest BCUT2D eigenvalue weighted by Crippen LogP contribution is -2.29. The zero-order chi connectivity index (χ0) is 22.3. The van der Waals surface area contributed by atoms with E-state index < -0.39 is 0 Å². The molecule has 0 heterocycles. The normalized spacial score (nSPS) is 11.6. The van der Waals surface area contributed by atoms with Gasteiger partial charge in [-0.05, 0) is 42.3 Å². The maximum absolute atomic E-state index is 13.2. The number of hydrogen-bond acceptors (Lipinski definition) is 2. The van der Waals surface area contributed by atoms with Crippen LogP contribution in [0.15, 0.2) is 103 Å². The van der Waals surface area contributed by atoms with Crippen LogP contribution in [0.3, 0.4) is 0 Å². The molecule has 0 unspecified atom stereocenters. The fourth-order valence-electron chi connectivity index (χ4n) is 3.48. The van der Waals surface area contributed by atoms with Gasteiger partial charge in [0.05, 0.1) is 6.04 Å². The van der Waals surface area contributed by atoms with Crippen molar-refractivity contribution in [2.75, 3.05) is 0 Å². The Labute approximate surface area is 193 Å². The lowest BCUT2D eigenvalue weighted by molar-refractivity contribution is 0.0942. The van der Waals surface area contributed by atoms with Crippen molar-refractivity contribution in [3.05, 3.63) is 136 Å². The molecule has 0 fully saturated rings. The number of halogens is 1. The van der Waals surface area contributed by atoms with Gasteiger partial charge in [-0.2, -0.15) is 0 Å². The minimum absolute atomic E-state index is 0.164. The monoisotopic (exact) mass is 441 g/mol. The Bertz CT molecular complexity index is 1190. The molecule has 0 aliphatic heterocycles. The smallest absolute Gasteiger partial charge is 0.252 e. The van der Waals surface area contributed by atoms with E-state index in [2.05, 4.69) is 29.6 Å². The standard InChI is InChI=1S/C28H24ClNO2/c1-20-14-16-22(17-15-20)27(21-8-3-2-4-9-21)30-28(31)23-11-7-12-25(18-23)32-19-24-10-5-6-13-26(24)29/h2-18,27H,19H2,1H3,(H,30,31)/t27-/m0/s1. The number of aryl methyl sites for hydroxylation is 1. The molecule has 4 aromatic carbocycles. The highest BCUT2D eigenvalue weighted by Gasteiger charge is 2.18. The van der Waals surface area contributed by atoms with E-state index in [-0.39, 0.29) is 11.9 Å². The molecular formula is C28H24ClNO2. The number of carbonyl (C=O) groups excluding carboxylic acids is 1. The highest BCUT2D eigenvalue weighted by molar-refractivity contribution is 6.31. The van der Waals surface area contributed by atoms with Crippen molar-refractivity contribution in [3.8, 4) is 5.75 Å². The van der Waals surface area contributed by atoms with Gasteiger partial charge in [0.2, 0.25) is 0 Å². The topological polar surface area (TPSA) is 38.3 Å². The molecule has 0 saturated heterocycles. The first-order chi connectivity index (χ1) is 15.6. The van der Waals surface area contributed by atoms with Crippen LogP contribution in [0.1, 0.15) is 38.7 Å². The summed E-state index contributed by atoms with van der Waals surface area (Å²) in [5.41, 5.74) is 4.66. The molecule has 0 spiro atoms. The molecule has 0 aromatic heterocycles. The molecule has 160 valence electrons. The number of ether oxygens (including phenoxy) is 1. The first-order valence-electron chi connectivity index (χ1n) is 10.5. The predicted molar refractivity (Wildman–Crippen MR) is 129 cm³/mol. The van der Waals surface area contributed by atoms with Crippen LogP contribution in [0, 0.1) is 6.92 Å². The molecule has 1 amide bonds. The van der Waals surface area contributed by atoms with Gasteiger partial charge in [-0.1, -0.05) is 96.0 Å². The van der Waals surface area contributed by atoms with Gasteiger partial charge in [0.1, 0.15) is 12.4 Å². The largest absolute Gasteiger partial charge is 0.489 e. The van der Waals surface area contributed by atoms with Crippen LogP contribution in [0.5, 0.6) is 5.75 Å². The third kappa shape index (κ3) is 5.37. The van der Waals surface area contributed by atoms with E-state index in [1.165, 1.54) is 5.56 Å². The van der Waals surface area contributed by atoms with Crippen molar-refractivity contribution in [1.82, 2.24) is 5.32 Å². The second-order valence-electron chi connectivity index (χ2n) is 7.64. The molecule has 3 nitrogen and oxygen atoms in total. The molecule has 0 bridgehead atoms. The molecule has 0 radical (unpaired) electrons. The summed E-state index contributed by atoms with van der Waals surface area (Å²) in [4.78, 5) is 13.2. The average Bonchev–Trinajstić information content (AvgIpc) is 2.83. The maximum Gasteiger partial charge on any atom is 0.252 e. The summed E-state index contributed by atoms with van der Waals surface area (Å²) in [6, 6.07) is 32.7. The molecule has 1 N–H and O–H groups in total. The second kappa shape index (κ2) is 10.2. The van der Waals surface area contributed by atoms with Crippen LogP contribution < -0.4 is 10.1 Å². The average molecular weight is 442 g/mol. The molecule has 0 saturated carbocycles. The predicted octanol–water partition coefficient (Wildman–Crippen LogP) is 6.75. The summed E-state index contributed by atoms with van der Waals surface area (Å²) in [5, 5.41) is 3.84. The van der Waals surface area contributed by atoms with Gasteiger partial charge in [0, 0.05) is 16.1 Å². The Morgan fingerprint density at radius 2 is 1.53 bits per heavy atom. The zero-order valence-corrected chi connectivity index (χ0v) is 18.5. The van der Waals surface area contributed by atoms with Crippen LogP contribution >= 0.6 is 11.6 Å². The van der Waals surface area contributed by atoms with Gasteiger partial charge < -0.3 is 10.1 Å². The lowest BCUT2D eigenvalue weighted by Gasteiger charge is -2.20. The molecule has 1 atom stereocenters. The van der Waals surface area contributed by atoms with Gasteiger partial charge in [0.25, 0.3) is 5.91 Å². The summed E-state index contributed by atoms with van der Waals surface area (Å²) in [6.45, 7) is 2.38.